The van der Waals surface area contributed by atoms with Crippen LogP contribution < -0.4 is 0 Å². The third-order valence-corrected chi connectivity index (χ3v) is 6.11. The maximum Gasteiger partial charge on any atom is 0.472 e. The van der Waals surface area contributed by atoms with Crippen LogP contribution >= 0.6 is 7.82 Å². The van der Waals surface area contributed by atoms with Gasteiger partial charge in [-0.2, -0.15) is 5.26 Å². The molecule has 0 aromatic carbocycles. The fourth-order valence-electron chi connectivity index (χ4n) is 2.43. The summed E-state index contributed by atoms with van der Waals surface area (Å²) in [6.45, 7) is 1.25. The van der Waals surface area contributed by atoms with Gasteiger partial charge in [-0.05, 0) is 13.0 Å². The van der Waals surface area contributed by atoms with Gasteiger partial charge < -0.3 is 14.3 Å². The molecule has 0 saturated heterocycles. The van der Waals surface area contributed by atoms with E-state index in [-0.39, 0.29) is 43.1 Å². The summed E-state index contributed by atoms with van der Waals surface area (Å²) in [6, 6.07) is 2.86. The van der Waals surface area contributed by atoms with Gasteiger partial charge in [-0.15, -0.1) is 6.42 Å². The van der Waals surface area contributed by atoms with Gasteiger partial charge in [0.15, 0.2) is 14.9 Å². The van der Waals surface area contributed by atoms with Crippen molar-refractivity contribution in [2.45, 2.75) is 11.9 Å². The predicted octanol–water partition coefficient (Wildman–Crippen LogP) is 0.580. The van der Waals surface area contributed by atoms with Gasteiger partial charge in [0.2, 0.25) is 0 Å². The second-order valence-corrected chi connectivity index (χ2v) is 11.3. The van der Waals surface area contributed by atoms with E-state index in [4.69, 9.17) is 15.5 Å². The first-order valence-electron chi connectivity index (χ1n) is 9.38. The molecular formula is C19H28N4O7PS+. The number of nitrogens with zero attached hydrogens (tertiary/aromatic N) is 4. The number of carbonyl (C=O) groups excluding carboxylic acids is 1. The third kappa shape index (κ3) is 8.67. The number of carbonyl (C=O) groups is 1. The van der Waals surface area contributed by atoms with Crippen molar-refractivity contribution in [1.82, 2.24) is 9.88 Å². The van der Waals surface area contributed by atoms with Crippen molar-refractivity contribution in [2.75, 3.05) is 60.2 Å². The van der Waals surface area contributed by atoms with Crippen molar-refractivity contribution in [1.29, 1.82) is 5.26 Å². The number of quaternary nitrogens is 1. The quantitative estimate of drug-likeness (QED) is 0.269. The molecule has 1 amide bonds. The number of terminal acetylenes is 1. The Kier molecular flexibility index (Phi) is 9.54. The highest BCUT2D eigenvalue weighted by molar-refractivity contribution is 7.90. The van der Waals surface area contributed by atoms with Crippen molar-refractivity contribution in [2.24, 2.45) is 0 Å². The second-order valence-electron chi connectivity index (χ2n) is 7.94. The topological polar surface area (TPSA) is 147 Å². The number of amides is 1. The lowest BCUT2D eigenvalue weighted by Crippen LogP contribution is -2.37. The number of hydrogen-bond donors (Lipinski definition) is 1. The number of phosphoric acid groups is 1. The van der Waals surface area contributed by atoms with Gasteiger partial charge in [-0.25, -0.2) is 18.0 Å². The normalized spacial score (nSPS) is 13.6. The van der Waals surface area contributed by atoms with Crippen LogP contribution in [-0.4, -0.2) is 93.8 Å². The van der Waals surface area contributed by atoms with Crippen LogP contribution in [0, 0.1) is 30.6 Å². The minimum absolute atomic E-state index is 0.00123. The first kappa shape index (κ1) is 27.7. The molecule has 13 heteroatoms. The molecule has 0 radical (unpaired) electrons. The van der Waals surface area contributed by atoms with Crippen LogP contribution in [0.3, 0.4) is 0 Å². The maximum atomic E-state index is 12.9. The first-order chi connectivity index (χ1) is 14.6. The van der Waals surface area contributed by atoms with Crippen LogP contribution in [0.1, 0.15) is 21.6 Å². The smallest absolute Gasteiger partial charge is 0.329 e. The van der Waals surface area contributed by atoms with Gasteiger partial charge in [0.05, 0.1) is 51.1 Å². The van der Waals surface area contributed by atoms with Crippen LogP contribution in [0.15, 0.2) is 11.1 Å². The Morgan fingerprint density at radius 3 is 2.44 bits per heavy atom. The van der Waals surface area contributed by atoms with Crippen molar-refractivity contribution in [3.8, 4) is 18.4 Å². The van der Waals surface area contributed by atoms with Crippen molar-refractivity contribution < 1.29 is 36.2 Å². The Balaban J connectivity index is 2.95. The molecule has 0 bridgehead atoms. The largest absolute Gasteiger partial charge is 0.472 e. The molecule has 0 aliphatic carbocycles. The molecule has 1 heterocycles. The number of nitriles is 1. The molecule has 1 N–H and O–H groups in total. The number of aromatic nitrogens is 1. The zero-order chi connectivity index (χ0) is 24.7. The van der Waals surface area contributed by atoms with Gasteiger partial charge in [-0.3, -0.25) is 13.8 Å². The molecule has 1 aromatic rings. The van der Waals surface area contributed by atoms with Crippen molar-refractivity contribution >= 4 is 23.6 Å². The van der Waals surface area contributed by atoms with Gasteiger partial charge in [0.1, 0.15) is 19.2 Å². The Hall–Kier alpha value is -2.31. The fourth-order valence-corrected chi connectivity index (χ4v) is 3.94. The number of likely N-dealkylation sites (N-methyl/N-ethyl adjacent to an activating group) is 1. The highest BCUT2D eigenvalue weighted by Crippen LogP contribution is 2.42. The molecule has 0 spiro atoms. The van der Waals surface area contributed by atoms with Gasteiger partial charge in [0, 0.05) is 12.8 Å². The summed E-state index contributed by atoms with van der Waals surface area (Å²) in [7, 11) is -2.41. The molecular weight excluding hydrogens is 459 g/mol. The molecule has 0 saturated carbocycles. The minimum Gasteiger partial charge on any atom is -0.329 e. The SMILES string of the molecule is C#CCN(CCOP(=O)(O)OCC[N+](C)(C)C)C(=O)c1cc(C#N)c(S(C)(=O)=O)nc1C. The first-order valence-corrected chi connectivity index (χ1v) is 12.8. The number of rotatable bonds is 11. The van der Waals surface area contributed by atoms with Gasteiger partial charge >= 0.3 is 7.82 Å². The van der Waals surface area contributed by atoms with E-state index in [0.717, 1.165) is 17.2 Å². The summed E-state index contributed by atoms with van der Waals surface area (Å²) in [4.78, 5) is 27.8. The van der Waals surface area contributed by atoms with E-state index in [2.05, 4.69) is 10.9 Å². The van der Waals surface area contributed by atoms with Crippen LogP contribution in [-0.2, 0) is 23.4 Å². The van der Waals surface area contributed by atoms with Gasteiger partial charge in [0.25, 0.3) is 5.91 Å². The molecule has 0 fully saturated rings. The summed E-state index contributed by atoms with van der Waals surface area (Å²) in [5.41, 5.74) is -0.201. The summed E-state index contributed by atoms with van der Waals surface area (Å²) in [5, 5.41) is 8.84. The monoisotopic (exact) mass is 487 g/mol. The molecule has 1 rings (SSSR count). The minimum atomic E-state index is -4.33. The number of phosphoric ester groups is 1. The summed E-state index contributed by atoms with van der Waals surface area (Å²) < 4.78 is 46.0. The Morgan fingerprint density at radius 2 is 1.94 bits per heavy atom. The number of pyridine rings is 1. The van der Waals surface area contributed by atoms with Crippen LogP contribution in [0.25, 0.3) is 0 Å². The predicted molar refractivity (Wildman–Crippen MR) is 116 cm³/mol. The Labute approximate surface area is 188 Å². The summed E-state index contributed by atoms with van der Waals surface area (Å²) >= 11 is 0. The van der Waals surface area contributed by atoms with E-state index in [0.29, 0.717) is 11.0 Å². The molecule has 32 heavy (non-hydrogen) atoms. The lowest BCUT2D eigenvalue weighted by molar-refractivity contribution is -0.870. The maximum absolute atomic E-state index is 12.9. The zero-order valence-electron chi connectivity index (χ0n) is 18.7. The lowest BCUT2D eigenvalue weighted by Gasteiger charge is -2.24. The van der Waals surface area contributed by atoms with E-state index >= 15 is 0 Å². The van der Waals surface area contributed by atoms with E-state index in [1.165, 1.54) is 6.92 Å². The highest BCUT2D eigenvalue weighted by Gasteiger charge is 2.26. The number of aryl methyl sites for hydroxylation is 1. The van der Waals surface area contributed by atoms with Crippen LogP contribution in [0.2, 0.25) is 0 Å². The highest BCUT2D eigenvalue weighted by atomic mass is 32.2. The molecule has 1 atom stereocenters. The average molecular weight is 487 g/mol. The number of sulfone groups is 1. The molecule has 1 aromatic heterocycles. The molecule has 0 aliphatic rings. The van der Waals surface area contributed by atoms with E-state index in [1.807, 2.05) is 21.1 Å². The third-order valence-electron chi connectivity index (χ3n) is 4.08. The fraction of sp³-hybridized carbons (Fsp3) is 0.526. The lowest BCUT2D eigenvalue weighted by atomic mass is 10.1. The van der Waals surface area contributed by atoms with Crippen molar-refractivity contribution in [3.63, 3.8) is 0 Å². The molecule has 11 nitrogen and oxygen atoms in total. The average Bonchev–Trinajstić information content (AvgIpc) is 2.64. The standard InChI is InChI=1S/C19H27N4O7PS/c1-7-8-22(9-11-29-31(25,26)30-12-10-23(3,4)5)19(24)17-13-16(14-20)18(21-15(17)2)32(6,27)28/h1,13H,8-12H2,2-6H3/p+1. The molecule has 176 valence electrons. The van der Waals surface area contributed by atoms with E-state index in [1.54, 1.807) is 6.07 Å². The Bertz CT molecular complexity index is 1080. The molecule has 1 unspecified atom stereocenters. The summed E-state index contributed by atoms with van der Waals surface area (Å²) in [6.07, 6.45) is 6.23. The summed E-state index contributed by atoms with van der Waals surface area (Å²) in [5.74, 6) is 1.67. The Morgan fingerprint density at radius 1 is 1.34 bits per heavy atom. The van der Waals surface area contributed by atoms with Crippen LogP contribution in [0.4, 0.5) is 0 Å². The second kappa shape index (κ2) is 11.0. The zero-order valence-corrected chi connectivity index (χ0v) is 20.4. The number of hydrogen-bond acceptors (Lipinski definition) is 8. The van der Waals surface area contributed by atoms with Crippen molar-refractivity contribution in [3.05, 3.63) is 22.9 Å². The molecule has 0 aliphatic heterocycles. The van der Waals surface area contributed by atoms with E-state index in [9.17, 15) is 27.9 Å². The van der Waals surface area contributed by atoms with E-state index < -0.39 is 28.6 Å². The van der Waals surface area contributed by atoms with Gasteiger partial charge in [-0.1, -0.05) is 5.92 Å². The van der Waals surface area contributed by atoms with Crippen LogP contribution in [0.5, 0.6) is 0 Å².